The highest BCUT2D eigenvalue weighted by Gasteiger charge is 2.42. The molecule has 0 aliphatic carbocycles. The van der Waals surface area contributed by atoms with E-state index in [1.807, 2.05) is 67.6 Å². The van der Waals surface area contributed by atoms with Gasteiger partial charge in [-0.3, -0.25) is 9.59 Å². The Bertz CT molecular complexity index is 1300. The third-order valence-electron chi connectivity index (χ3n) is 7.19. The molecule has 2 amide bonds. The van der Waals surface area contributed by atoms with E-state index >= 15 is 0 Å². The van der Waals surface area contributed by atoms with Gasteiger partial charge in [-0.15, -0.1) is 0 Å². The van der Waals surface area contributed by atoms with Crippen molar-refractivity contribution in [2.45, 2.75) is 38.3 Å². The molecule has 7 nitrogen and oxygen atoms in total. The lowest BCUT2D eigenvalue weighted by atomic mass is 9.96. The van der Waals surface area contributed by atoms with Gasteiger partial charge in [-0.25, -0.2) is 0 Å². The second-order valence-electron chi connectivity index (χ2n) is 10.3. The molecular weight excluding hydrogens is 528 g/mol. The minimum Gasteiger partial charge on any atom is -0.496 e. The first-order chi connectivity index (χ1) is 19.3. The van der Waals surface area contributed by atoms with E-state index in [9.17, 15) is 9.59 Å². The van der Waals surface area contributed by atoms with Crippen LogP contribution in [0.1, 0.15) is 29.5 Å². The van der Waals surface area contributed by atoms with Crippen LogP contribution in [-0.4, -0.2) is 67.7 Å². The van der Waals surface area contributed by atoms with Gasteiger partial charge < -0.3 is 24.0 Å². The number of morpholine rings is 1. The fraction of sp³-hybridized carbons (Fsp3) is 0.375. The fourth-order valence-corrected chi connectivity index (χ4v) is 5.01. The predicted molar refractivity (Wildman–Crippen MR) is 156 cm³/mol. The Balaban J connectivity index is 1.48. The van der Waals surface area contributed by atoms with Crippen molar-refractivity contribution >= 4 is 23.4 Å². The molecule has 0 bridgehead atoms. The number of nitrogens with zero attached hydrogens (tertiary/aromatic N) is 2. The lowest BCUT2D eigenvalue weighted by molar-refractivity contribution is -0.165. The molecule has 1 fully saturated rings. The van der Waals surface area contributed by atoms with Gasteiger partial charge in [0.25, 0.3) is 0 Å². The Hall–Kier alpha value is -3.55. The number of amides is 2. The first-order valence-corrected chi connectivity index (χ1v) is 13.9. The average molecular weight is 565 g/mol. The summed E-state index contributed by atoms with van der Waals surface area (Å²) in [5.41, 5.74) is 1.92. The zero-order valence-corrected chi connectivity index (χ0v) is 24.2. The molecule has 0 aromatic heterocycles. The van der Waals surface area contributed by atoms with Gasteiger partial charge in [0.15, 0.2) is 0 Å². The molecule has 1 unspecified atom stereocenters. The van der Waals surface area contributed by atoms with E-state index in [2.05, 4.69) is 0 Å². The van der Waals surface area contributed by atoms with Gasteiger partial charge in [0.05, 0.1) is 26.7 Å². The molecule has 4 rings (SSSR count). The normalized spacial score (nSPS) is 16.9. The molecule has 3 aromatic rings. The van der Waals surface area contributed by atoms with Crippen LogP contribution < -0.4 is 9.47 Å². The number of hydrogen-bond acceptors (Lipinski definition) is 5. The topological polar surface area (TPSA) is 68.3 Å². The SMILES string of the molecule is COc1ccccc1CCC(=O)N1CCOC(COc2ccc(Cl)c(C)c2)(CC(=O)N(C)Cc2ccccc2)C1. The first-order valence-electron chi connectivity index (χ1n) is 13.5. The summed E-state index contributed by atoms with van der Waals surface area (Å²) in [5, 5.41) is 0.653. The minimum atomic E-state index is -0.992. The van der Waals surface area contributed by atoms with Crippen molar-refractivity contribution in [1.29, 1.82) is 0 Å². The molecule has 1 aliphatic heterocycles. The summed E-state index contributed by atoms with van der Waals surface area (Å²) >= 11 is 6.19. The maximum absolute atomic E-state index is 13.4. The summed E-state index contributed by atoms with van der Waals surface area (Å²) in [7, 11) is 3.41. The number of methoxy groups -OCH3 is 1. The number of benzene rings is 3. The molecule has 0 saturated carbocycles. The van der Waals surface area contributed by atoms with Gasteiger partial charge in [0.1, 0.15) is 23.7 Å². The maximum Gasteiger partial charge on any atom is 0.225 e. The second kappa shape index (κ2) is 13.7. The molecule has 0 spiro atoms. The van der Waals surface area contributed by atoms with Gasteiger partial charge >= 0.3 is 0 Å². The third kappa shape index (κ3) is 7.77. The average Bonchev–Trinajstić information content (AvgIpc) is 2.97. The number of aryl methyl sites for hydroxylation is 2. The lowest BCUT2D eigenvalue weighted by Gasteiger charge is -2.42. The molecule has 3 aromatic carbocycles. The van der Waals surface area contributed by atoms with Gasteiger partial charge in [-0.05, 0) is 54.3 Å². The van der Waals surface area contributed by atoms with Crippen LogP contribution in [0, 0.1) is 6.92 Å². The number of halogens is 1. The zero-order chi connectivity index (χ0) is 28.5. The number of ether oxygens (including phenoxy) is 3. The first kappa shape index (κ1) is 29.4. The van der Waals surface area contributed by atoms with Gasteiger partial charge in [0.2, 0.25) is 11.8 Å². The summed E-state index contributed by atoms with van der Waals surface area (Å²) in [6.45, 7) is 3.55. The summed E-state index contributed by atoms with van der Waals surface area (Å²) in [6.07, 6.45) is 0.973. The maximum atomic E-state index is 13.4. The highest BCUT2D eigenvalue weighted by Crippen LogP contribution is 2.28. The number of carbonyl (C=O) groups excluding carboxylic acids is 2. The van der Waals surface area contributed by atoms with E-state index in [1.54, 1.807) is 36.1 Å². The highest BCUT2D eigenvalue weighted by atomic mass is 35.5. The third-order valence-corrected chi connectivity index (χ3v) is 7.62. The molecule has 1 atom stereocenters. The van der Waals surface area contributed by atoms with Crippen LogP contribution in [-0.2, 0) is 27.3 Å². The molecule has 1 saturated heterocycles. The summed E-state index contributed by atoms with van der Waals surface area (Å²) in [6, 6.07) is 23.0. The van der Waals surface area contributed by atoms with Crippen LogP contribution in [0.2, 0.25) is 5.02 Å². The van der Waals surface area contributed by atoms with Crippen molar-refractivity contribution in [3.05, 3.63) is 94.5 Å². The van der Waals surface area contributed by atoms with Crippen LogP contribution in [0.3, 0.4) is 0 Å². The standard InChI is InChI=1S/C32H37ClN2O5/c1-24-19-27(14-15-28(24)33)39-23-32(20-31(37)34(2)21-25-9-5-4-6-10-25)22-35(17-18-40-32)30(36)16-13-26-11-7-8-12-29(26)38-3/h4-12,14-15,19H,13,16-18,20-23H2,1-3H3. The highest BCUT2D eigenvalue weighted by molar-refractivity contribution is 6.31. The monoisotopic (exact) mass is 564 g/mol. The van der Waals surface area contributed by atoms with Crippen molar-refractivity contribution in [2.24, 2.45) is 0 Å². The van der Waals surface area contributed by atoms with Gasteiger partial charge in [-0.2, -0.15) is 0 Å². The van der Waals surface area contributed by atoms with E-state index in [0.717, 1.165) is 22.4 Å². The molecule has 0 radical (unpaired) electrons. The van der Waals surface area contributed by atoms with E-state index in [4.69, 9.17) is 25.8 Å². The zero-order valence-electron chi connectivity index (χ0n) is 23.4. The molecule has 212 valence electrons. The Kier molecular flexibility index (Phi) is 10.1. The Morgan fingerprint density at radius 1 is 1.07 bits per heavy atom. The molecule has 8 heteroatoms. The molecule has 0 N–H and O–H groups in total. The number of rotatable bonds is 11. The van der Waals surface area contributed by atoms with Gasteiger partial charge in [0, 0.05) is 31.6 Å². The van der Waals surface area contributed by atoms with Crippen molar-refractivity contribution in [1.82, 2.24) is 9.80 Å². The van der Waals surface area contributed by atoms with Crippen LogP contribution in [0.5, 0.6) is 11.5 Å². The predicted octanol–water partition coefficient (Wildman–Crippen LogP) is 5.31. The van der Waals surface area contributed by atoms with Crippen LogP contribution in [0.4, 0.5) is 0 Å². The van der Waals surface area contributed by atoms with Crippen molar-refractivity contribution in [2.75, 3.05) is 40.5 Å². The van der Waals surface area contributed by atoms with Crippen LogP contribution in [0.25, 0.3) is 0 Å². The van der Waals surface area contributed by atoms with E-state index in [1.165, 1.54) is 0 Å². The number of carbonyl (C=O) groups is 2. The van der Waals surface area contributed by atoms with Gasteiger partial charge in [-0.1, -0.05) is 60.1 Å². The smallest absolute Gasteiger partial charge is 0.225 e. The van der Waals surface area contributed by atoms with Crippen molar-refractivity contribution < 1.29 is 23.8 Å². The van der Waals surface area contributed by atoms with Crippen LogP contribution >= 0.6 is 11.6 Å². The molecule has 1 heterocycles. The van der Waals surface area contributed by atoms with Crippen LogP contribution in [0.15, 0.2) is 72.8 Å². The van der Waals surface area contributed by atoms with Crippen molar-refractivity contribution in [3.8, 4) is 11.5 Å². The quantitative estimate of drug-likeness (QED) is 0.315. The number of para-hydroxylation sites is 1. The largest absolute Gasteiger partial charge is 0.496 e. The Morgan fingerprint density at radius 3 is 2.58 bits per heavy atom. The Labute approximate surface area is 241 Å². The Morgan fingerprint density at radius 2 is 1.82 bits per heavy atom. The summed E-state index contributed by atoms with van der Waals surface area (Å²) in [4.78, 5) is 30.3. The summed E-state index contributed by atoms with van der Waals surface area (Å²) < 4.78 is 17.9. The molecule has 40 heavy (non-hydrogen) atoms. The number of hydrogen-bond donors (Lipinski definition) is 0. The van der Waals surface area contributed by atoms with E-state index < -0.39 is 5.60 Å². The fourth-order valence-electron chi connectivity index (χ4n) is 4.89. The summed E-state index contributed by atoms with van der Waals surface area (Å²) in [5.74, 6) is 1.33. The second-order valence-corrected chi connectivity index (χ2v) is 10.7. The van der Waals surface area contributed by atoms with Crippen molar-refractivity contribution in [3.63, 3.8) is 0 Å². The van der Waals surface area contributed by atoms with E-state index in [0.29, 0.717) is 43.3 Å². The van der Waals surface area contributed by atoms with E-state index in [-0.39, 0.29) is 31.4 Å². The molecular formula is C32H37ClN2O5. The molecule has 1 aliphatic rings. The lowest BCUT2D eigenvalue weighted by Crippen LogP contribution is -2.58. The minimum absolute atomic E-state index is 0.00556.